The molecule has 2 amide bonds. The van der Waals surface area contributed by atoms with Gasteiger partial charge in [-0.25, -0.2) is 4.79 Å². The van der Waals surface area contributed by atoms with E-state index in [1.807, 2.05) is 4.90 Å². The summed E-state index contributed by atoms with van der Waals surface area (Å²) in [6.07, 6.45) is 8.48. The third-order valence-corrected chi connectivity index (χ3v) is 5.00. The minimum absolute atomic E-state index is 0.0174. The molecule has 5 nitrogen and oxygen atoms in total. The maximum Gasteiger partial charge on any atom is 0.317 e. The molecular weight excluding hydrogens is 268 g/mol. The van der Waals surface area contributed by atoms with Crippen molar-refractivity contribution in [3.63, 3.8) is 0 Å². The lowest BCUT2D eigenvalue weighted by molar-refractivity contribution is -0.137. The highest BCUT2D eigenvalue weighted by atomic mass is 16.4. The molecule has 0 aromatic rings. The molecule has 0 bridgehead atoms. The Morgan fingerprint density at radius 2 is 1.86 bits per heavy atom. The van der Waals surface area contributed by atoms with Crippen molar-refractivity contribution in [1.29, 1.82) is 0 Å². The molecule has 2 fully saturated rings. The van der Waals surface area contributed by atoms with E-state index in [4.69, 9.17) is 5.11 Å². The third-order valence-electron chi connectivity index (χ3n) is 5.00. The van der Waals surface area contributed by atoms with E-state index in [0.29, 0.717) is 12.3 Å². The fourth-order valence-corrected chi connectivity index (χ4v) is 3.63. The Morgan fingerprint density at radius 3 is 2.57 bits per heavy atom. The summed E-state index contributed by atoms with van der Waals surface area (Å²) in [5.41, 5.74) is 0. The number of rotatable bonds is 4. The van der Waals surface area contributed by atoms with Gasteiger partial charge in [0.25, 0.3) is 0 Å². The first-order valence-corrected chi connectivity index (χ1v) is 8.37. The first kappa shape index (κ1) is 16.1. The van der Waals surface area contributed by atoms with Crippen LogP contribution in [-0.4, -0.2) is 40.6 Å². The number of nitrogens with one attached hydrogen (secondary N) is 1. The summed E-state index contributed by atoms with van der Waals surface area (Å²) >= 11 is 0. The fraction of sp³-hybridized carbons (Fsp3) is 0.875. The molecule has 2 N–H and O–H groups in total. The molecule has 1 heterocycles. The second-order valence-corrected chi connectivity index (χ2v) is 6.59. The molecule has 0 aromatic carbocycles. The molecule has 0 aromatic heterocycles. The monoisotopic (exact) mass is 296 g/mol. The number of amides is 2. The molecule has 2 rings (SSSR count). The predicted octanol–water partition coefficient (Wildman–Crippen LogP) is 2.99. The molecule has 120 valence electrons. The molecule has 0 spiro atoms. The molecule has 21 heavy (non-hydrogen) atoms. The zero-order chi connectivity index (χ0) is 15.2. The van der Waals surface area contributed by atoms with Crippen LogP contribution in [0.25, 0.3) is 0 Å². The first-order valence-electron chi connectivity index (χ1n) is 8.37. The number of aliphatic carboxylic acids is 1. The first-order chi connectivity index (χ1) is 10.1. The van der Waals surface area contributed by atoms with E-state index in [1.54, 1.807) is 0 Å². The topological polar surface area (TPSA) is 69.6 Å². The van der Waals surface area contributed by atoms with Crippen LogP contribution < -0.4 is 5.32 Å². The van der Waals surface area contributed by atoms with Crippen LogP contribution in [0.15, 0.2) is 0 Å². The highest BCUT2D eigenvalue weighted by Gasteiger charge is 2.30. The minimum Gasteiger partial charge on any atom is -0.481 e. The maximum atomic E-state index is 12.5. The van der Waals surface area contributed by atoms with Gasteiger partial charge in [0, 0.05) is 25.0 Å². The summed E-state index contributed by atoms with van der Waals surface area (Å²) in [5, 5.41) is 12.0. The summed E-state index contributed by atoms with van der Waals surface area (Å²) in [6, 6.07) is 0.394. The Balaban J connectivity index is 1.89. The van der Waals surface area contributed by atoms with Gasteiger partial charge in [0.2, 0.25) is 0 Å². The lowest BCUT2D eigenvalue weighted by atomic mass is 9.86. The van der Waals surface area contributed by atoms with E-state index in [-0.39, 0.29) is 24.5 Å². The van der Waals surface area contributed by atoms with Gasteiger partial charge in [0.15, 0.2) is 0 Å². The van der Waals surface area contributed by atoms with Gasteiger partial charge in [-0.3, -0.25) is 4.79 Å². The largest absolute Gasteiger partial charge is 0.481 e. The average molecular weight is 296 g/mol. The Morgan fingerprint density at radius 1 is 1.14 bits per heavy atom. The maximum absolute atomic E-state index is 12.5. The highest BCUT2D eigenvalue weighted by molar-refractivity contribution is 5.75. The van der Waals surface area contributed by atoms with Gasteiger partial charge in [0.05, 0.1) is 0 Å². The number of hydrogen-bond acceptors (Lipinski definition) is 2. The van der Waals surface area contributed by atoms with Crippen molar-refractivity contribution >= 4 is 12.0 Å². The zero-order valence-corrected chi connectivity index (χ0v) is 13.0. The van der Waals surface area contributed by atoms with Crippen molar-refractivity contribution in [2.75, 3.05) is 6.54 Å². The number of piperidine rings is 1. The molecule has 1 saturated carbocycles. The van der Waals surface area contributed by atoms with Crippen molar-refractivity contribution in [3.05, 3.63) is 0 Å². The van der Waals surface area contributed by atoms with Crippen molar-refractivity contribution in [2.24, 2.45) is 5.92 Å². The van der Waals surface area contributed by atoms with Crippen LogP contribution in [0.4, 0.5) is 4.79 Å². The van der Waals surface area contributed by atoms with E-state index < -0.39 is 5.97 Å². The van der Waals surface area contributed by atoms with Crippen molar-refractivity contribution in [1.82, 2.24) is 10.2 Å². The second kappa shape index (κ2) is 7.66. The molecular formula is C16H28N2O3. The van der Waals surface area contributed by atoms with Gasteiger partial charge in [-0.05, 0) is 44.4 Å². The van der Waals surface area contributed by atoms with Crippen LogP contribution >= 0.6 is 0 Å². The van der Waals surface area contributed by atoms with E-state index in [2.05, 4.69) is 12.2 Å². The highest BCUT2D eigenvalue weighted by Crippen LogP contribution is 2.25. The number of carbonyl (C=O) groups excluding carboxylic acids is 1. The molecule has 1 saturated heterocycles. The SMILES string of the molecule is CC1CCCCC1NC(=O)N1CCCCC1CCC(=O)O. The summed E-state index contributed by atoms with van der Waals surface area (Å²) in [5.74, 6) is -0.230. The molecule has 1 aliphatic carbocycles. The lowest BCUT2D eigenvalue weighted by Crippen LogP contribution is -2.53. The average Bonchev–Trinajstić information content (AvgIpc) is 2.47. The Kier molecular flexibility index (Phi) is 5.88. The van der Waals surface area contributed by atoms with Crippen LogP contribution in [0.2, 0.25) is 0 Å². The minimum atomic E-state index is -0.776. The van der Waals surface area contributed by atoms with Gasteiger partial charge in [-0.1, -0.05) is 19.8 Å². The Hall–Kier alpha value is -1.26. The quantitative estimate of drug-likeness (QED) is 0.838. The van der Waals surface area contributed by atoms with E-state index >= 15 is 0 Å². The molecule has 5 heteroatoms. The molecule has 2 aliphatic rings. The number of nitrogens with zero attached hydrogens (tertiary/aromatic N) is 1. The van der Waals surface area contributed by atoms with Gasteiger partial charge in [0.1, 0.15) is 0 Å². The number of likely N-dealkylation sites (tertiary alicyclic amines) is 1. The standard InChI is InChI=1S/C16H28N2O3/c1-12-6-2-3-8-14(12)17-16(21)18-11-5-4-7-13(18)9-10-15(19)20/h12-14H,2-11H2,1H3,(H,17,21)(H,19,20). The van der Waals surface area contributed by atoms with Crippen molar-refractivity contribution < 1.29 is 14.7 Å². The predicted molar refractivity (Wildman–Crippen MR) is 81.2 cm³/mol. The smallest absolute Gasteiger partial charge is 0.317 e. The van der Waals surface area contributed by atoms with E-state index in [0.717, 1.165) is 32.2 Å². The van der Waals surface area contributed by atoms with E-state index in [9.17, 15) is 9.59 Å². The van der Waals surface area contributed by atoms with Crippen LogP contribution in [0.3, 0.4) is 0 Å². The van der Waals surface area contributed by atoms with Crippen molar-refractivity contribution in [3.8, 4) is 0 Å². The lowest BCUT2D eigenvalue weighted by Gasteiger charge is -2.38. The molecule has 3 atom stereocenters. The summed E-state index contributed by atoms with van der Waals surface area (Å²) in [6.45, 7) is 2.97. The van der Waals surface area contributed by atoms with Gasteiger partial charge < -0.3 is 15.3 Å². The third kappa shape index (κ3) is 4.61. The molecule has 3 unspecified atom stereocenters. The van der Waals surface area contributed by atoms with Crippen LogP contribution in [-0.2, 0) is 4.79 Å². The number of carboxylic acids is 1. The van der Waals surface area contributed by atoms with Crippen LogP contribution in [0, 0.1) is 5.92 Å². The number of carboxylic acid groups (broad SMARTS) is 1. The second-order valence-electron chi connectivity index (χ2n) is 6.59. The summed E-state index contributed by atoms with van der Waals surface area (Å²) < 4.78 is 0. The van der Waals surface area contributed by atoms with E-state index in [1.165, 1.54) is 19.3 Å². The van der Waals surface area contributed by atoms with Gasteiger partial charge in [-0.15, -0.1) is 0 Å². The Bertz CT molecular complexity index is 373. The van der Waals surface area contributed by atoms with Gasteiger partial charge in [-0.2, -0.15) is 0 Å². The van der Waals surface area contributed by atoms with Crippen LogP contribution in [0.5, 0.6) is 0 Å². The zero-order valence-electron chi connectivity index (χ0n) is 13.0. The summed E-state index contributed by atoms with van der Waals surface area (Å²) in [7, 11) is 0. The Labute approximate surface area is 127 Å². The van der Waals surface area contributed by atoms with Crippen molar-refractivity contribution in [2.45, 2.75) is 76.8 Å². The number of carbonyl (C=O) groups is 2. The molecule has 0 radical (unpaired) electrons. The normalized spacial score (nSPS) is 30.0. The number of hydrogen-bond donors (Lipinski definition) is 2. The number of urea groups is 1. The molecule has 1 aliphatic heterocycles. The fourth-order valence-electron chi connectivity index (χ4n) is 3.63. The van der Waals surface area contributed by atoms with Gasteiger partial charge >= 0.3 is 12.0 Å². The van der Waals surface area contributed by atoms with Crippen LogP contribution in [0.1, 0.15) is 64.7 Å². The summed E-state index contributed by atoms with van der Waals surface area (Å²) in [4.78, 5) is 25.2.